The highest BCUT2D eigenvalue weighted by molar-refractivity contribution is 7.11. The summed E-state index contributed by atoms with van der Waals surface area (Å²) in [6.45, 7) is 6.08. The number of amides is 2. The Hall–Kier alpha value is -1.07. The molecule has 18 heavy (non-hydrogen) atoms. The van der Waals surface area contributed by atoms with Crippen LogP contribution >= 0.6 is 11.3 Å². The topological polar surface area (TPSA) is 52.6 Å². The number of hydrogen-bond donors (Lipinski definition) is 2. The van der Waals surface area contributed by atoms with Gasteiger partial charge in [0.25, 0.3) is 0 Å². The molecule has 0 fully saturated rings. The van der Waals surface area contributed by atoms with Gasteiger partial charge in [0.05, 0.1) is 6.10 Å². The first-order chi connectivity index (χ1) is 8.38. The third-order valence-electron chi connectivity index (χ3n) is 2.56. The Morgan fingerprint density at radius 2 is 2.17 bits per heavy atom. The fraction of sp³-hybridized carbons (Fsp3) is 0.615. The summed E-state index contributed by atoms with van der Waals surface area (Å²) in [6, 6.07) is 4.14. The second-order valence-electron chi connectivity index (χ2n) is 4.80. The molecule has 2 amide bonds. The van der Waals surface area contributed by atoms with Crippen molar-refractivity contribution in [3.8, 4) is 0 Å². The van der Waals surface area contributed by atoms with E-state index in [-0.39, 0.29) is 12.1 Å². The van der Waals surface area contributed by atoms with Crippen molar-refractivity contribution in [1.82, 2.24) is 10.2 Å². The van der Waals surface area contributed by atoms with Crippen LogP contribution in [0.3, 0.4) is 0 Å². The van der Waals surface area contributed by atoms with Crippen LogP contribution in [-0.2, 0) is 6.42 Å². The normalized spacial score (nSPS) is 14.1. The Kier molecular flexibility index (Phi) is 5.62. The summed E-state index contributed by atoms with van der Waals surface area (Å²) < 4.78 is 0. The van der Waals surface area contributed by atoms with Crippen molar-refractivity contribution in [1.29, 1.82) is 0 Å². The molecule has 0 aliphatic heterocycles. The van der Waals surface area contributed by atoms with Crippen LogP contribution in [0, 0.1) is 6.92 Å². The average Bonchev–Trinajstić information content (AvgIpc) is 2.62. The van der Waals surface area contributed by atoms with Crippen molar-refractivity contribution in [3.05, 3.63) is 21.9 Å². The predicted octanol–water partition coefficient (Wildman–Crippen LogP) is 2.01. The van der Waals surface area contributed by atoms with Gasteiger partial charge in [0, 0.05) is 35.8 Å². The van der Waals surface area contributed by atoms with Crippen molar-refractivity contribution >= 4 is 17.4 Å². The van der Waals surface area contributed by atoms with Crippen molar-refractivity contribution in [3.63, 3.8) is 0 Å². The molecule has 1 rings (SSSR count). The predicted molar refractivity (Wildman–Crippen MR) is 75.1 cm³/mol. The number of rotatable bonds is 5. The number of likely N-dealkylation sites (N-methyl/N-ethyl adjacent to an activating group) is 1. The molecule has 0 aromatic carbocycles. The number of urea groups is 1. The molecule has 1 aromatic heterocycles. The maximum atomic E-state index is 11.8. The van der Waals surface area contributed by atoms with E-state index >= 15 is 0 Å². The van der Waals surface area contributed by atoms with E-state index in [2.05, 4.69) is 24.4 Å². The Morgan fingerprint density at radius 3 is 2.67 bits per heavy atom. The van der Waals surface area contributed by atoms with Gasteiger partial charge < -0.3 is 15.3 Å². The lowest BCUT2D eigenvalue weighted by molar-refractivity contribution is 0.142. The largest absolute Gasteiger partial charge is 0.392 e. The standard InChI is InChI=1S/C13H22N2O2S/c1-9(7-12-6-5-11(3)18-12)14-13(17)15(4)8-10(2)16/h5-6,9-10,16H,7-8H2,1-4H3,(H,14,17). The highest BCUT2D eigenvalue weighted by atomic mass is 32.1. The minimum Gasteiger partial charge on any atom is -0.392 e. The van der Waals surface area contributed by atoms with E-state index in [0.717, 1.165) is 6.42 Å². The van der Waals surface area contributed by atoms with Crippen molar-refractivity contribution in [2.24, 2.45) is 0 Å². The van der Waals surface area contributed by atoms with Gasteiger partial charge in [-0.05, 0) is 32.9 Å². The molecule has 0 bridgehead atoms. The molecule has 2 N–H and O–H groups in total. The molecule has 102 valence electrons. The molecule has 0 saturated carbocycles. The Labute approximate surface area is 113 Å². The zero-order valence-corrected chi connectivity index (χ0v) is 12.3. The minimum atomic E-state index is -0.504. The monoisotopic (exact) mass is 270 g/mol. The number of thiophene rings is 1. The molecular formula is C13H22N2O2S. The second-order valence-corrected chi connectivity index (χ2v) is 6.17. The molecule has 2 unspecified atom stereocenters. The van der Waals surface area contributed by atoms with E-state index in [1.54, 1.807) is 25.3 Å². The molecule has 0 spiro atoms. The number of nitrogens with one attached hydrogen (secondary N) is 1. The number of aryl methyl sites for hydroxylation is 1. The van der Waals surface area contributed by atoms with E-state index in [1.165, 1.54) is 14.7 Å². The molecule has 1 heterocycles. The molecule has 4 nitrogen and oxygen atoms in total. The molecule has 2 atom stereocenters. The minimum absolute atomic E-state index is 0.0898. The fourth-order valence-corrected chi connectivity index (χ4v) is 2.77. The maximum absolute atomic E-state index is 11.8. The zero-order chi connectivity index (χ0) is 13.7. The van der Waals surface area contributed by atoms with Gasteiger partial charge in [0.15, 0.2) is 0 Å². The molecule has 0 aliphatic carbocycles. The van der Waals surface area contributed by atoms with Crippen LogP contribution in [0.25, 0.3) is 0 Å². The number of carbonyl (C=O) groups excluding carboxylic acids is 1. The van der Waals surface area contributed by atoms with E-state index in [4.69, 9.17) is 0 Å². The fourth-order valence-electron chi connectivity index (χ4n) is 1.75. The van der Waals surface area contributed by atoms with Crippen LogP contribution in [0.1, 0.15) is 23.6 Å². The lowest BCUT2D eigenvalue weighted by atomic mass is 10.2. The lowest BCUT2D eigenvalue weighted by Crippen LogP contribution is -2.44. The van der Waals surface area contributed by atoms with Crippen LogP contribution in [0.15, 0.2) is 12.1 Å². The first-order valence-corrected chi connectivity index (χ1v) is 6.95. The Morgan fingerprint density at radius 1 is 1.50 bits per heavy atom. The zero-order valence-electron chi connectivity index (χ0n) is 11.4. The average molecular weight is 270 g/mol. The van der Waals surface area contributed by atoms with E-state index < -0.39 is 6.10 Å². The SMILES string of the molecule is Cc1ccc(CC(C)NC(=O)N(C)CC(C)O)s1. The quantitative estimate of drug-likeness (QED) is 0.860. The van der Waals surface area contributed by atoms with Gasteiger partial charge in [-0.1, -0.05) is 0 Å². The number of aliphatic hydroxyl groups excluding tert-OH is 1. The summed E-state index contributed by atoms with van der Waals surface area (Å²) in [5.41, 5.74) is 0. The molecular weight excluding hydrogens is 248 g/mol. The summed E-state index contributed by atoms with van der Waals surface area (Å²) in [6.07, 6.45) is 0.336. The molecule has 5 heteroatoms. The van der Waals surface area contributed by atoms with E-state index in [9.17, 15) is 9.90 Å². The maximum Gasteiger partial charge on any atom is 0.317 e. The Balaban J connectivity index is 2.39. The van der Waals surface area contributed by atoms with Gasteiger partial charge in [-0.3, -0.25) is 0 Å². The van der Waals surface area contributed by atoms with E-state index in [0.29, 0.717) is 6.54 Å². The summed E-state index contributed by atoms with van der Waals surface area (Å²) in [5.74, 6) is 0. The van der Waals surface area contributed by atoms with Gasteiger partial charge >= 0.3 is 6.03 Å². The number of aliphatic hydroxyl groups is 1. The van der Waals surface area contributed by atoms with Gasteiger partial charge in [0.1, 0.15) is 0 Å². The third kappa shape index (κ3) is 5.06. The third-order valence-corrected chi connectivity index (χ3v) is 3.58. The van der Waals surface area contributed by atoms with Crippen molar-refractivity contribution in [2.45, 2.75) is 39.3 Å². The summed E-state index contributed by atoms with van der Waals surface area (Å²) in [7, 11) is 1.68. The van der Waals surface area contributed by atoms with Gasteiger partial charge in [0.2, 0.25) is 0 Å². The first kappa shape index (κ1) is 15.0. The highest BCUT2D eigenvalue weighted by Gasteiger charge is 2.14. The van der Waals surface area contributed by atoms with Gasteiger partial charge in [-0.15, -0.1) is 11.3 Å². The molecule has 1 aromatic rings. The van der Waals surface area contributed by atoms with Crippen molar-refractivity contribution in [2.75, 3.05) is 13.6 Å². The van der Waals surface area contributed by atoms with Crippen LogP contribution in [-0.4, -0.2) is 41.8 Å². The first-order valence-electron chi connectivity index (χ1n) is 6.13. The summed E-state index contributed by atoms with van der Waals surface area (Å²) >= 11 is 1.76. The second kappa shape index (κ2) is 6.75. The van der Waals surface area contributed by atoms with Gasteiger partial charge in [-0.2, -0.15) is 0 Å². The Bertz CT molecular complexity index is 390. The van der Waals surface area contributed by atoms with Crippen LogP contribution in [0.5, 0.6) is 0 Å². The number of hydrogen-bond acceptors (Lipinski definition) is 3. The smallest absolute Gasteiger partial charge is 0.317 e. The van der Waals surface area contributed by atoms with Crippen LogP contribution in [0.4, 0.5) is 4.79 Å². The number of nitrogens with zero attached hydrogens (tertiary/aromatic N) is 1. The van der Waals surface area contributed by atoms with Crippen LogP contribution in [0.2, 0.25) is 0 Å². The molecule has 0 saturated heterocycles. The summed E-state index contributed by atoms with van der Waals surface area (Å²) in [4.78, 5) is 15.9. The molecule has 0 radical (unpaired) electrons. The molecule has 0 aliphatic rings. The van der Waals surface area contributed by atoms with E-state index in [1.807, 2.05) is 6.92 Å². The van der Waals surface area contributed by atoms with Crippen LogP contribution < -0.4 is 5.32 Å². The van der Waals surface area contributed by atoms with Crippen molar-refractivity contribution < 1.29 is 9.90 Å². The lowest BCUT2D eigenvalue weighted by Gasteiger charge is -2.22. The van der Waals surface area contributed by atoms with Gasteiger partial charge in [-0.25, -0.2) is 4.79 Å². The highest BCUT2D eigenvalue weighted by Crippen LogP contribution is 2.16. The summed E-state index contributed by atoms with van der Waals surface area (Å²) in [5, 5.41) is 12.1. The number of carbonyl (C=O) groups is 1.